The van der Waals surface area contributed by atoms with Crippen molar-refractivity contribution in [3.8, 4) is 39.9 Å². The normalized spacial score (nSPS) is 17.7. The lowest BCUT2D eigenvalue weighted by Gasteiger charge is -2.11. The van der Waals surface area contributed by atoms with Crippen LogP contribution in [0.1, 0.15) is 28.8 Å². The Labute approximate surface area is 320 Å². The number of aromatic nitrogens is 4. The van der Waals surface area contributed by atoms with Crippen LogP contribution in [0.4, 0.5) is 0 Å². The SMILES string of the molecule is [2H]c1c([2H])c([2H])c(-c2nc(-c3c([2H])c([2H])c4c(oc5c([2H])c([2H])c([2H])c(-c6ccccc6)c54)c3[2H])nc(-n3c4c([2H])c([2H])c([2H])c([2H])c4c4c5c(oc6c([2H])c([2H])c([2H])c([2H])c65)c([2H])c([2H])c43)n2)c([2H])c1[2H]. The Morgan fingerprint density at radius 3 is 2.04 bits per heavy atom. The molecule has 6 nitrogen and oxygen atoms in total. The molecule has 0 saturated carbocycles. The zero-order valence-electron chi connectivity index (χ0n) is 46.5. The topological polar surface area (TPSA) is 69.9 Å². The molecule has 238 valence electrons. The number of hydrogen-bond acceptors (Lipinski definition) is 5. The first kappa shape index (κ1) is 14.4. The quantitative estimate of drug-likeness (QED) is 0.186. The minimum atomic E-state index is -0.844. The maximum atomic E-state index is 9.61. The second-order valence-electron chi connectivity index (χ2n) is 11.2. The average molecular weight is 676 g/mol. The summed E-state index contributed by atoms with van der Waals surface area (Å²) in [5.41, 5.74) is -3.37. The van der Waals surface area contributed by atoms with Crippen LogP contribution in [0.3, 0.4) is 0 Å². The van der Waals surface area contributed by atoms with Crippen molar-refractivity contribution in [1.29, 1.82) is 0 Å². The van der Waals surface area contributed by atoms with Gasteiger partial charge in [-0.15, -0.1) is 0 Å². The second kappa shape index (κ2) is 10.7. The minimum absolute atomic E-state index is 0.0200. The Hall–Kier alpha value is -7.05. The Balaban J connectivity index is 1.35. The fourth-order valence-corrected chi connectivity index (χ4v) is 6.25. The lowest BCUT2D eigenvalue weighted by Crippen LogP contribution is -2.06. The average Bonchev–Trinajstić information content (AvgIpc) is 4.07. The van der Waals surface area contributed by atoms with Crippen molar-refractivity contribution in [2.45, 2.75) is 0 Å². The number of nitrogens with zero attached hydrogens (tertiary/aromatic N) is 4. The van der Waals surface area contributed by atoms with E-state index in [-0.39, 0.29) is 43.5 Å². The molecule has 11 rings (SSSR count). The highest BCUT2D eigenvalue weighted by molar-refractivity contribution is 6.27. The smallest absolute Gasteiger partial charge is 0.238 e. The van der Waals surface area contributed by atoms with Gasteiger partial charge in [0.2, 0.25) is 5.95 Å². The number of rotatable bonds is 4. The van der Waals surface area contributed by atoms with E-state index in [9.17, 15) is 9.60 Å². The van der Waals surface area contributed by atoms with Crippen molar-refractivity contribution in [2.24, 2.45) is 0 Å². The van der Waals surface area contributed by atoms with Gasteiger partial charge in [0.15, 0.2) is 11.6 Å². The summed E-state index contributed by atoms with van der Waals surface area (Å²) in [7, 11) is 0. The van der Waals surface area contributed by atoms with Crippen LogP contribution in [0.15, 0.2) is 166 Å². The summed E-state index contributed by atoms with van der Waals surface area (Å²) in [6.45, 7) is 0. The summed E-state index contributed by atoms with van der Waals surface area (Å²) in [5, 5.41) is -1.44. The number of hydrogen-bond donors (Lipinski definition) is 0. The number of benzene rings is 7. The molecule has 0 atom stereocenters. The largest absolute Gasteiger partial charge is 0.456 e. The fourth-order valence-electron chi connectivity index (χ4n) is 6.25. The molecule has 6 heteroatoms. The van der Waals surface area contributed by atoms with Gasteiger partial charge in [-0.3, -0.25) is 4.57 Å². The summed E-state index contributed by atoms with van der Waals surface area (Å²) < 4.78 is 200. The molecule has 11 aromatic rings. The van der Waals surface area contributed by atoms with Gasteiger partial charge in [0.25, 0.3) is 0 Å². The van der Waals surface area contributed by atoms with E-state index in [1.54, 1.807) is 30.3 Å². The molecule has 4 heterocycles. The molecule has 0 N–H and O–H groups in total. The molecule has 0 aliphatic heterocycles. The standard InChI is InChI=1S/C45H26N4O2/c1-3-12-27(13-4-1)30-18-11-21-37-40(30)33-23-22-29(26-39(33)51-37)44-46-43(28-14-5-2-6-15-28)47-45(48-44)49-34-19-9-7-16-31(34)41-35(49)24-25-38-42(41)32-17-8-10-20-36(32)50-38/h1-26H/i2D,5D,6D,7D,8D,9D,10D,11D,14D,15D,16D,17D,18D,19D,20D,21D,22D,23D,24D,25D,26D. The lowest BCUT2D eigenvalue weighted by atomic mass is 9.99. The third kappa shape index (κ3) is 4.20. The Morgan fingerprint density at radius 1 is 0.451 bits per heavy atom. The molecular formula is C45H26N4O2. The van der Waals surface area contributed by atoms with Crippen molar-refractivity contribution < 1.29 is 37.6 Å². The zero-order chi connectivity index (χ0) is 51.7. The molecule has 0 amide bonds. The van der Waals surface area contributed by atoms with Gasteiger partial charge in [-0.25, -0.2) is 4.98 Å². The van der Waals surface area contributed by atoms with Crippen LogP contribution in [0.2, 0.25) is 0 Å². The van der Waals surface area contributed by atoms with E-state index in [1.165, 1.54) is 0 Å². The minimum Gasteiger partial charge on any atom is -0.456 e. The molecule has 7 aromatic carbocycles. The van der Waals surface area contributed by atoms with Gasteiger partial charge in [-0.1, -0.05) is 115 Å². The Bertz CT molecular complexity index is 4330. The van der Waals surface area contributed by atoms with Gasteiger partial charge in [0, 0.05) is 43.4 Å². The van der Waals surface area contributed by atoms with Crippen LogP contribution in [-0.2, 0) is 0 Å². The van der Waals surface area contributed by atoms with Crippen molar-refractivity contribution in [3.63, 3.8) is 0 Å². The molecule has 4 aromatic heterocycles. The number of fused-ring (bicyclic) bond motifs is 10. The van der Waals surface area contributed by atoms with Gasteiger partial charge in [-0.05, 0) is 53.4 Å². The zero-order valence-corrected chi connectivity index (χ0v) is 25.5. The van der Waals surface area contributed by atoms with E-state index < -0.39 is 183 Å². The third-order valence-corrected chi connectivity index (χ3v) is 8.39. The highest BCUT2D eigenvalue weighted by atomic mass is 16.3. The van der Waals surface area contributed by atoms with E-state index >= 15 is 0 Å². The second-order valence-corrected chi connectivity index (χ2v) is 11.2. The monoisotopic (exact) mass is 675 g/mol. The third-order valence-electron chi connectivity index (χ3n) is 8.39. The van der Waals surface area contributed by atoms with Gasteiger partial charge >= 0.3 is 0 Å². The molecule has 0 spiro atoms. The number of para-hydroxylation sites is 2. The predicted octanol–water partition coefficient (Wildman–Crippen LogP) is 11.8. The summed E-state index contributed by atoms with van der Waals surface area (Å²) in [4.78, 5) is 13.6. The first-order valence-corrected chi connectivity index (χ1v) is 15.2. The molecule has 0 aliphatic carbocycles. The van der Waals surface area contributed by atoms with Crippen LogP contribution < -0.4 is 0 Å². The maximum absolute atomic E-state index is 9.61. The van der Waals surface area contributed by atoms with Crippen LogP contribution in [-0.4, -0.2) is 19.5 Å². The predicted molar refractivity (Wildman–Crippen MR) is 205 cm³/mol. The molecule has 0 radical (unpaired) electrons. The Kier molecular flexibility index (Phi) is 3.03. The van der Waals surface area contributed by atoms with E-state index in [4.69, 9.17) is 28.0 Å². The van der Waals surface area contributed by atoms with E-state index in [0.29, 0.717) is 5.56 Å². The van der Waals surface area contributed by atoms with E-state index in [1.807, 2.05) is 0 Å². The molecule has 0 aliphatic rings. The Morgan fingerprint density at radius 2 is 1.16 bits per heavy atom. The van der Waals surface area contributed by atoms with Gasteiger partial charge < -0.3 is 8.83 Å². The molecule has 0 unspecified atom stereocenters. The van der Waals surface area contributed by atoms with Crippen molar-refractivity contribution in [2.75, 3.05) is 0 Å². The van der Waals surface area contributed by atoms with Crippen molar-refractivity contribution >= 4 is 65.7 Å². The maximum Gasteiger partial charge on any atom is 0.238 e. The molecule has 0 bridgehead atoms. The summed E-state index contributed by atoms with van der Waals surface area (Å²) in [6.07, 6.45) is 0. The first-order chi connectivity index (χ1) is 34.0. The molecule has 0 saturated heterocycles. The van der Waals surface area contributed by atoms with Crippen LogP contribution in [0.5, 0.6) is 0 Å². The van der Waals surface area contributed by atoms with Crippen LogP contribution in [0.25, 0.3) is 106 Å². The van der Waals surface area contributed by atoms with Gasteiger partial charge in [-0.2, -0.15) is 9.97 Å². The van der Waals surface area contributed by atoms with Crippen molar-refractivity contribution in [3.05, 3.63) is 157 Å². The van der Waals surface area contributed by atoms with Gasteiger partial charge in [0.1, 0.15) is 22.3 Å². The highest BCUT2D eigenvalue weighted by Crippen LogP contribution is 2.42. The fraction of sp³-hybridized carbons (Fsp3) is 0. The summed E-state index contributed by atoms with van der Waals surface area (Å²) >= 11 is 0. The highest BCUT2D eigenvalue weighted by Gasteiger charge is 2.22. The first-order valence-electron chi connectivity index (χ1n) is 25.7. The summed E-state index contributed by atoms with van der Waals surface area (Å²) in [6, 6.07) is -6.82. The number of furan rings is 2. The van der Waals surface area contributed by atoms with Crippen molar-refractivity contribution in [1.82, 2.24) is 19.5 Å². The molecule has 51 heavy (non-hydrogen) atoms. The van der Waals surface area contributed by atoms with E-state index in [0.717, 1.165) is 4.57 Å². The summed E-state index contributed by atoms with van der Waals surface area (Å²) in [5.74, 6) is -2.21. The van der Waals surface area contributed by atoms with Crippen LogP contribution >= 0.6 is 0 Å². The lowest BCUT2D eigenvalue weighted by molar-refractivity contribution is 0.669. The molecular weight excluding hydrogens is 629 g/mol. The van der Waals surface area contributed by atoms with Crippen LogP contribution in [0, 0.1) is 0 Å². The van der Waals surface area contributed by atoms with E-state index in [2.05, 4.69) is 15.0 Å². The molecule has 0 fully saturated rings. The van der Waals surface area contributed by atoms with Gasteiger partial charge in [0.05, 0.1) is 39.8 Å².